The standard InChI is InChI=1S/C15H20F2N2O3/c1-22-14(21)12-4-2-11(3-5-12)13(15(16,17)10-20)19-8-6-18-7-9-19/h2-5,13,18,20H,6-10H2,1H3/t13-/m0/s1. The first-order valence-electron chi connectivity index (χ1n) is 7.11. The Kier molecular flexibility index (Phi) is 5.44. The Morgan fingerprint density at radius 2 is 1.95 bits per heavy atom. The van der Waals surface area contributed by atoms with Crippen LogP contribution in [0.3, 0.4) is 0 Å². The number of benzene rings is 1. The summed E-state index contributed by atoms with van der Waals surface area (Å²) in [5.41, 5.74) is 0.672. The summed E-state index contributed by atoms with van der Waals surface area (Å²) in [6, 6.07) is 4.69. The molecule has 0 amide bonds. The maximum Gasteiger partial charge on any atom is 0.337 e. The molecule has 0 spiro atoms. The van der Waals surface area contributed by atoms with Crippen LogP contribution in [0, 0.1) is 0 Å². The highest BCUT2D eigenvalue weighted by molar-refractivity contribution is 5.89. The van der Waals surface area contributed by atoms with Gasteiger partial charge in [0, 0.05) is 26.2 Å². The molecule has 5 nitrogen and oxygen atoms in total. The molecule has 1 saturated heterocycles. The quantitative estimate of drug-likeness (QED) is 0.796. The Morgan fingerprint density at radius 3 is 2.45 bits per heavy atom. The number of esters is 1. The van der Waals surface area contributed by atoms with Crippen molar-refractivity contribution in [2.45, 2.75) is 12.0 Å². The summed E-state index contributed by atoms with van der Waals surface area (Å²) in [6.07, 6.45) is 0. The summed E-state index contributed by atoms with van der Waals surface area (Å²) in [5.74, 6) is -3.77. The van der Waals surface area contributed by atoms with Gasteiger partial charge in [0.15, 0.2) is 0 Å². The number of nitrogens with one attached hydrogen (secondary N) is 1. The number of carbonyl (C=O) groups excluding carboxylic acids is 1. The van der Waals surface area contributed by atoms with Gasteiger partial charge in [0.2, 0.25) is 0 Å². The summed E-state index contributed by atoms with van der Waals surface area (Å²) in [7, 11) is 1.26. The Hall–Kier alpha value is -1.57. The Balaban J connectivity index is 2.30. The molecule has 22 heavy (non-hydrogen) atoms. The van der Waals surface area contributed by atoms with Crippen molar-refractivity contribution in [1.82, 2.24) is 10.2 Å². The van der Waals surface area contributed by atoms with Crippen LogP contribution >= 0.6 is 0 Å². The number of halogens is 2. The first kappa shape index (κ1) is 16.8. The van der Waals surface area contributed by atoms with E-state index < -0.39 is 24.5 Å². The van der Waals surface area contributed by atoms with Gasteiger partial charge in [0.05, 0.1) is 12.7 Å². The predicted molar refractivity (Wildman–Crippen MR) is 77.0 cm³/mol. The molecule has 0 aliphatic carbocycles. The highest BCUT2D eigenvalue weighted by Crippen LogP contribution is 2.36. The third-order valence-corrected chi connectivity index (χ3v) is 3.78. The average molecular weight is 314 g/mol. The van der Waals surface area contributed by atoms with Crippen molar-refractivity contribution in [3.8, 4) is 0 Å². The van der Waals surface area contributed by atoms with Gasteiger partial charge in [-0.3, -0.25) is 4.90 Å². The van der Waals surface area contributed by atoms with E-state index in [1.54, 1.807) is 4.90 Å². The van der Waals surface area contributed by atoms with Gasteiger partial charge in [-0.15, -0.1) is 0 Å². The molecule has 1 fully saturated rings. The van der Waals surface area contributed by atoms with E-state index in [1.807, 2.05) is 0 Å². The van der Waals surface area contributed by atoms with Crippen molar-refractivity contribution < 1.29 is 23.4 Å². The van der Waals surface area contributed by atoms with Crippen LogP contribution in [0.5, 0.6) is 0 Å². The number of aliphatic hydroxyl groups is 1. The number of methoxy groups -OCH3 is 1. The number of rotatable bonds is 5. The van der Waals surface area contributed by atoms with E-state index in [9.17, 15) is 13.6 Å². The highest BCUT2D eigenvalue weighted by Gasteiger charge is 2.43. The van der Waals surface area contributed by atoms with Gasteiger partial charge in [0.1, 0.15) is 12.6 Å². The van der Waals surface area contributed by atoms with E-state index in [1.165, 1.54) is 31.4 Å². The molecule has 0 unspecified atom stereocenters. The van der Waals surface area contributed by atoms with E-state index in [0.29, 0.717) is 37.3 Å². The number of ether oxygens (including phenoxy) is 1. The van der Waals surface area contributed by atoms with Crippen molar-refractivity contribution in [2.24, 2.45) is 0 Å². The summed E-state index contributed by atoms with van der Waals surface area (Å²) < 4.78 is 33.0. The van der Waals surface area contributed by atoms with Gasteiger partial charge < -0.3 is 15.2 Å². The molecule has 0 aromatic heterocycles. The number of alkyl halides is 2. The number of nitrogens with zero attached hydrogens (tertiary/aromatic N) is 1. The number of carbonyl (C=O) groups is 1. The predicted octanol–water partition coefficient (Wildman–Crippen LogP) is 1.05. The maximum absolute atomic E-state index is 14.2. The third kappa shape index (κ3) is 3.60. The largest absolute Gasteiger partial charge is 0.465 e. The zero-order valence-electron chi connectivity index (χ0n) is 12.4. The molecule has 0 radical (unpaired) electrons. The molecule has 0 bridgehead atoms. The Bertz CT molecular complexity index is 502. The van der Waals surface area contributed by atoms with Crippen LogP contribution < -0.4 is 5.32 Å². The lowest BCUT2D eigenvalue weighted by molar-refractivity contribution is -0.118. The first-order valence-corrected chi connectivity index (χ1v) is 7.11. The van der Waals surface area contributed by atoms with E-state index in [-0.39, 0.29) is 0 Å². The second-order valence-corrected chi connectivity index (χ2v) is 5.22. The van der Waals surface area contributed by atoms with Gasteiger partial charge in [-0.25, -0.2) is 13.6 Å². The second-order valence-electron chi connectivity index (χ2n) is 5.22. The van der Waals surface area contributed by atoms with Crippen molar-refractivity contribution in [3.63, 3.8) is 0 Å². The lowest BCUT2D eigenvalue weighted by Crippen LogP contribution is -2.51. The first-order chi connectivity index (χ1) is 10.5. The minimum Gasteiger partial charge on any atom is -0.465 e. The van der Waals surface area contributed by atoms with Gasteiger partial charge in [-0.05, 0) is 17.7 Å². The summed E-state index contributed by atoms with van der Waals surface area (Å²) >= 11 is 0. The van der Waals surface area contributed by atoms with Crippen LogP contribution in [0.4, 0.5) is 8.78 Å². The monoisotopic (exact) mass is 314 g/mol. The Morgan fingerprint density at radius 1 is 1.36 bits per heavy atom. The number of hydrogen-bond donors (Lipinski definition) is 2. The molecule has 1 atom stereocenters. The smallest absolute Gasteiger partial charge is 0.337 e. The molecule has 0 saturated carbocycles. The highest BCUT2D eigenvalue weighted by atomic mass is 19.3. The molecule has 1 aliphatic heterocycles. The number of piperazine rings is 1. The van der Waals surface area contributed by atoms with E-state index >= 15 is 0 Å². The molecular formula is C15H20F2N2O3. The molecule has 1 aliphatic rings. The molecule has 1 aromatic rings. The van der Waals surface area contributed by atoms with Crippen LogP contribution in [0.25, 0.3) is 0 Å². The molecule has 7 heteroatoms. The number of aliphatic hydroxyl groups excluding tert-OH is 1. The number of hydrogen-bond acceptors (Lipinski definition) is 5. The van der Waals surface area contributed by atoms with Gasteiger partial charge in [-0.1, -0.05) is 12.1 Å². The fourth-order valence-corrected chi connectivity index (χ4v) is 2.67. The van der Waals surface area contributed by atoms with Crippen LogP contribution in [-0.2, 0) is 4.74 Å². The minimum atomic E-state index is -3.26. The van der Waals surface area contributed by atoms with Crippen LogP contribution in [0.1, 0.15) is 22.0 Å². The fraction of sp³-hybridized carbons (Fsp3) is 0.533. The topological polar surface area (TPSA) is 61.8 Å². The van der Waals surface area contributed by atoms with E-state index in [0.717, 1.165) is 0 Å². The van der Waals surface area contributed by atoms with Gasteiger partial charge in [-0.2, -0.15) is 0 Å². The zero-order valence-corrected chi connectivity index (χ0v) is 12.4. The second kappa shape index (κ2) is 7.13. The van der Waals surface area contributed by atoms with Gasteiger partial charge >= 0.3 is 5.97 Å². The van der Waals surface area contributed by atoms with Crippen molar-refractivity contribution in [3.05, 3.63) is 35.4 Å². The molecule has 1 aromatic carbocycles. The lowest BCUT2D eigenvalue weighted by atomic mass is 9.97. The van der Waals surface area contributed by atoms with Crippen LogP contribution in [-0.4, -0.2) is 61.8 Å². The molecular weight excluding hydrogens is 294 g/mol. The Labute approximate surface area is 127 Å². The molecule has 1 heterocycles. The van der Waals surface area contributed by atoms with Crippen molar-refractivity contribution in [2.75, 3.05) is 39.9 Å². The molecule has 2 N–H and O–H groups in total. The van der Waals surface area contributed by atoms with E-state index in [4.69, 9.17) is 5.11 Å². The third-order valence-electron chi connectivity index (χ3n) is 3.78. The molecule has 2 rings (SSSR count). The normalized spacial score (nSPS) is 18.0. The summed E-state index contributed by atoms with van der Waals surface area (Å²) in [4.78, 5) is 13.1. The van der Waals surface area contributed by atoms with Gasteiger partial charge in [0.25, 0.3) is 5.92 Å². The minimum absolute atomic E-state index is 0.303. The zero-order chi connectivity index (χ0) is 16.2. The SMILES string of the molecule is COC(=O)c1ccc([C@H](N2CCNCC2)C(F)(F)CO)cc1. The van der Waals surface area contributed by atoms with Crippen LogP contribution in [0.15, 0.2) is 24.3 Å². The average Bonchev–Trinajstić information content (AvgIpc) is 2.56. The fourth-order valence-electron chi connectivity index (χ4n) is 2.67. The summed E-state index contributed by atoms with van der Waals surface area (Å²) in [6.45, 7) is 0.967. The summed E-state index contributed by atoms with van der Waals surface area (Å²) in [5, 5.41) is 12.2. The van der Waals surface area contributed by atoms with E-state index in [2.05, 4.69) is 10.1 Å². The maximum atomic E-state index is 14.2. The van der Waals surface area contributed by atoms with Crippen molar-refractivity contribution >= 4 is 5.97 Å². The van der Waals surface area contributed by atoms with Crippen molar-refractivity contribution in [1.29, 1.82) is 0 Å². The molecule has 122 valence electrons. The van der Waals surface area contributed by atoms with Crippen LogP contribution in [0.2, 0.25) is 0 Å². The lowest BCUT2D eigenvalue weighted by Gasteiger charge is -2.38.